The molecular formula is C31H43N5OS. The number of piperidine rings is 1. The number of benzene rings is 1. The number of hydrogen-bond acceptors (Lipinski definition) is 6. The molecule has 0 unspecified atom stereocenters. The molecule has 0 radical (unpaired) electrons. The van der Waals surface area contributed by atoms with E-state index in [0.29, 0.717) is 23.3 Å². The molecule has 1 aliphatic heterocycles. The van der Waals surface area contributed by atoms with Crippen molar-refractivity contribution in [1.29, 1.82) is 0 Å². The Morgan fingerprint density at radius 3 is 2.47 bits per heavy atom. The predicted molar refractivity (Wildman–Crippen MR) is 157 cm³/mol. The fraction of sp³-hybridized carbons (Fsp3) is 0.613. The van der Waals surface area contributed by atoms with Gasteiger partial charge in [-0.05, 0) is 120 Å². The van der Waals surface area contributed by atoms with Crippen molar-refractivity contribution in [3.05, 3.63) is 41.7 Å². The number of aliphatic hydroxyl groups excluding tert-OH is 1. The third-order valence-corrected chi connectivity index (χ3v) is 10.7. The van der Waals surface area contributed by atoms with Crippen LogP contribution < -0.4 is 5.32 Å². The summed E-state index contributed by atoms with van der Waals surface area (Å²) in [4.78, 5) is 13.9. The van der Waals surface area contributed by atoms with E-state index < -0.39 is 0 Å². The number of hydrogen-bond donors (Lipinski definition) is 2. The summed E-state index contributed by atoms with van der Waals surface area (Å²) in [5.41, 5.74) is 6.12. The first-order valence-corrected chi connectivity index (χ1v) is 15.5. The number of thioether (sulfide) groups is 1. The summed E-state index contributed by atoms with van der Waals surface area (Å²) in [5, 5.41) is 14.3. The number of nitrogens with one attached hydrogen (secondary N) is 1. The third kappa shape index (κ3) is 5.22. The topological polar surface area (TPSA) is 66.2 Å². The molecule has 0 atom stereocenters. The minimum absolute atomic E-state index is 0.169. The maximum atomic E-state index is 10.0. The molecule has 1 spiro atoms. The smallest absolute Gasteiger partial charge is 0.228 e. The molecule has 6 nitrogen and oxygen atoms in total. The monoisotopic (exact) mass is 533 g/mol. The van der Waals surface area contributed by atoms with Crippen LogP contribution in [0.4, 0.5) is 11.6 Å². The van der Waals surface area contributed by atoms with Crippen LogP contribution in [0.1, 0.15) is 82.4 Å². The van der Waals surface area contributed by atoms with Crippen LogP contribution in [-0.2, 0) is 7.05 Å². The molecule has 204 valence electrons. The Hall–Kier alpha value is -2.09. The predicted octanol–water partition coefficient (Wildman–Crippen LogP) is 6.78. The van der Waals surface area contributed by atoms with E-state index in [-0.39, 0.29) is 6.10 Å². The van der Waals surface area contributed by atoms with Gasteiger partial charge >= 0.3 is 0 Å². The molecule has 2 aliphatic carbocycles. The number of aliphatic hydroxyl groups is 1. The largest absolute Gasteiger partial charge is 0.393 e. The Labute approximate surface area is 231 Å². The third-order valence-electron chi connectivity index (χ3n) is 9.49. The number of aromatic nitrogens is 3. The molecule has 0 bridgehead atoms. The molecule has 1 saturated heterocycles. The lowest BCUT2D eigenvalue weighted by Gasteiger charge is -2.52. The second kappa shape index (κ2) is 10.5. The van der Waals surface area contributed by atoms with E-state index in [2.05, 4.69) is 84.8 Å². The zero-order chi connectivity index (χ0) is 26.4. The summed E-state index contributed by atoms with van der Waals surface area (Å²) in [7, 11) is 2.07. The van der Waals surface area contributed by atoms with Gasteiger partial charge in [0.1, 0.15) is 0 Å². The van der Waals surface area contributed by atoms with E-state index in [1.165, 1.54) is 49.2 Å². The molecular weight excluding hydrogens is 490 g/mol. The Morgan fingerprint density at radius 2 is 1.79 bits per heavy atom. The van der Waals surface area contributed by atoms with Crippen LogP contribution in [0.25, 0.3) is 11.0 Å². The minimum Gasteiger partial charge on any atom is -0.393 e. The number of rotatable bonds is 6. The van der Waals surface area contributed by atoms with Crippen molar-refractivity contribution in [3.63, 3.8) is 0 Å². The number of likely N-dealkylation sites (tertiary alicyclic amines) is 1. The molecule has 1 aromatic carbocycles. The SMILES string of the molecule is Cc1cc(SC2CC3(CCN(C(C)C)CC3)C2)ccc1Nc1nc(C2CCC(O)CC2)c2c(ccn2C)n1. The van der Waals surface area contributed by atoms with Gasteiger partial charge in [0.2, 0.25) is 5.95 Å². The molecule has 2 aromatic heterocycles. The highest BCUT2D eigenvalue weighted by atomic mass is 32.2. The van der Waals surface area contributed by atoms with Crippen molar-refractivity contribution in [2.24, 2.45) is 12.5 Å². The Bertz CT molecular complexity index is 1280. The Balaban J connectivity index is 1.12. The lowest BCUT2D eigenvalue weighted by molar-refractivity contribution is 0.0267. The average molecular weight is 534 g/mol. The molecule has 3 fully saturated rings. The summed E-state index contributed by atoms with van der Waals surface area (Å²) in [6.45, 7) is 9.38. The molecule has 38 heavy (non-hydrogen) atoms. The van der Waals surface area contributed by atoms with Gasteiger partial charge in [0, 0.05) is 41.0 Å². The molecule has 7 heteroatoms. The highest BCUT2D eigenvalue weighted by Gasteiger charge is 2.46. The normalized spacial score (nSPS) is 24.3. The van der Waals surface area contributed by atoms with Gasteiger partial charge in [-0.3, -0.25) is 0 Å². The van der Waals surface area contributed by atoms with Crippen molar-refractivity contribution >= 4 is 34.4 Å². The Morgan fingerprint density at radius 1 is 1.05 bits per heavy atom. The number of anilines is 2. The van der Waals surface area contributed by atoms with Crippen molar-refractivity contribution in [2.75, 3.05) is 18.4 Å². The first-order chi connectivity index (χ1) is 18.3. The molecule has 6 rings (SSSR count). The van der Waals surface area contributed by atoms with Crippen molar-refractivity contribution in [2.45, 2.75) is 100 Å². The van der Waals surface area contributed by atoms with Crippen molar-refractivity contribution < 1.29 is 5.11 Å². The average Bonchev–Trinajstić information content (AvgIpc) is 3.25. The number of nitrogens with zero attached hydrogens (tertiary/aromatic N) is 4. The van der Waals surface area contributed by atoms with Crippen LogP contribution in [-0.4, -0.2) is 55.0 Å². The number of aryl methyl sites for hydroxylation is 2. The molecule has 0 amide bonds. The molecule has 3 aliphatic rings. The standard InChI is InChI=1S/C31H43N5OS/c1-20(2)36-15-12-31(13-16-36)18-25(19-31)38-24-9-10-26(21(3)17-24)32-30-33-27-11-14-35(4)29(27)28(34-30)22-5-7-23(37)8-6-22/h9-11,14,17,20,22-23,25,37H,5-8,12-13,15-16,18-19H2,1-4H3,(H,32,33,34). The summed E-state index contributed by atoms with van der Waals surface area (Å²) in [5.74, 6) is 1.03. The van der Waals surface area contributed by atoms with Gasteiger partial charge in [-0.1, -0.05) is 0 Å². The van der Waals surface area contributed by atoms with Crippen LogP contribution in [0.2, 0.25) is 0 Å². The van der Waals surface area contributed by atoms with Crippen molar-refractivity contribution in [3.8, 4) is 0 Å². The fourth-order valence-electron chi connectivity index (χ4n) is 6.99. The maximum absolute atomic E-state index is 10.0. The van der Waals surface area contributed by atoms with E-state index in [0.717, 1.165) is 53.3 Å². The van der Waals surface area contributed by atoms with E-state index in [9.17, 15) is 5.11 Å². The second-order valence-corrected chi connectivity index (χ2v) is 13.9. The Kier molecular flexibility index (Phi) is 7.21. The summed E-state index contributed by atoms with van der Waals surface area (Å²) >= 11 is 2.06. The zero-order valence-electron chi connectivity index (χ0n) is 23.4. The lowest BCUT2D eigenvalue weighted by atomic mass is 9.63. The van der Waals surface area contributed by atoms with Gasteiger partial charge < -0.3 is 19.9 Å². The summed E-state index contributed by atoms with van der Waals surface area (Å²) < 4.78 is 2.13. The van der Waals surface area contributed by atoms with Crippen LogP contribution >= 0.6 is 11.8 Å². The summed E-state index contributed by atoms with van der Waals surface area (Å²) in [6.07, 6.45) is 11.0. The highest BCUT2D eigenvalue weighted by molar-refractivity contribution is 8.00. The van der Waals surface area contributed by atoms with E-state index in [4.69, 9.17) is 9.97 Å². The minimum atomic E-state index is -0.169. The molecule has 3 aromatic rings. The van der Waals surface area contributed by atoms with E-state index in [1.54, 1.807) is 0 Å². The summed E-state index contributed by atoms with van der Waals surface area (Å²) in [6, 6.07) is 9.54. The van der Waals surface area contributed by atoms with Crippen LogP contribution in [0.3, 0.4) is 0 Å². The van der Waals surface area contributed by atoms with E-state index in [1.807, 2.05) is 0 Å². The molecule has 2 N–H and O–H groups in total. The quantitative estimate of drug-likeness (QED) is 0.364. The highest BCUT2D eigenvalue weighted by Crippen LogP contribution is 2.55. The number of fused-ring (bicyclic) bond motifs is 1. The zero-order valence-corrected chi connectivity index (χ0v) is 24.2. The van der Waals surface area contributed by atoms with Crippen LogP contribution in [0.5, 0.6) is 0 Å². The van der Waals surface area contributed by atoms with Gasteiger partial charge in [0.05, 0.1) is 22.8 Å². The fourth-order valence-corrected chi connectivity index (χ4v) is 8.64. The second-order valence-electron chi connectivity index (χ2n) is 12.5. The van der Waals surface area contributed by atoms with Gasteiger partial charge in [-0.2, -0.15) is 0 Å². The van der Waals surface area contributed by atoms with E-state index >= 15 is 0 Å². The maximum Gasteiger partial charge on any atom is 0.228 e. The first kappa shape index (κ1) is 26.1. The van der Waals surface area contributed by atoms with Gasteiger partial charge in [-0.25, -0.2) is 9.97 Å². The van der Waals surface area contributed by atoms with Crippen LogP contribution in [0.15, 0.2) is 35.4 Å². The van der Waals surface area contributed by atoms with Crippen molar-refractivity contribution in [1.82, 2.24) is 19.4 Å². The van der Waals surface area contributed by atoms with Gasteiger partial charge in [-0.15, -0.1) is 11.8 Å². The molecule has 3 heterocycles. The van der Waals surface area contributed by atoms with Gasteiger partial charge in [0.15, 0.2) is 0 Å². The van der Waals surface area contributed by atoms with Crippen LogP contribution in [0, 0.1) is 12.3 Å². The molecule has 2 saturated carbocycles. The first-order valence-electron chi connectivity index (χ1n) is 14.6. The van der Waals surface area contributed by atoms with Gasteiger partial charge in [0.25, 0.3) is 0 Å². The lowest BCUT2D eigenvalue weighted by Crippen LogP contribution is -2.49.